The van der Waals surface area contributed by atoms with Crippen LogP contribution in [0.1, 0.15) is 17.3 Å². The van der Waals surface area contributed by atoms with Crippen LogP contribution in [0.4, 0.5) is 0 Å². The lowest BCUT2D eigenvalue weighted by Crippen LogP contribution is -2.14. The van der Waals surface area contributed by atoms with Crippen molar-refractivity contribution in [1.82, 2.24) is 4.98 Å². The molecule has 1 heterocycles. The molecule has 0 bridgehead atoms. The van der Waals surface area contributed by atoms with Crippen LogP contribution in [-0.2, 0) is 6.42 Å². The average Bonchev–Trinajstić information content (AvgIpc) is 2.35. The first kappa shape index (κ1) is 14.4. The topological polar surface area (TPSA) is 38.9 Å². The summed E-state index contributed by atoms with van der Waals surface area (Å²) in [6, 6.07) is 10.1. The molecule has 1 aromatic heterocycles. The quantitative estimate of drug-likeness (QED) is 0.658. The Bertz CT molecular complexity index is 543. The van der Waals surface area contributed by atoms with Crippen LogP contribution >= 0.6 is 54.5 Å². The fourth-order valence-electron chi connectivity index (χ4n) is 1.66. The van der Waals surface area contributed by atoms with Gasteiger partial charge < -0.3 is 5.73 Å². The molecule has 18 heavy (non-hydrogen) atoms. The largest absolute Gasteiger partial charge is 0.324 e. The summed E-state index contributed by atoms with van der Waals surface area (Å²) in [7, 11) is 0. The van der Waals surface area contributed by atoms with Gasteiger partial charge >= 0.3 is 0 Å². The number of aromatic nitrogens is 1. The first-order chi connectivity index (χ1) is 8.56. The first-order valence-electron chi connectivity index (χ1n) is 5.37. The summed E-state index contributed by atoms with van der Waals surface area (Å²) in [6.07, 6.45) is 2.53. The minimum absolute atomic E-state index is 0.0530. The molecular weight excluding hydrogens is 471 g/mol. The maximum Gasteiger partial charge on any atom is 0.0423 e. The molecule has 2 rings (SSSR count). The Morgan fingerprint density at radius 3 is 2.67 bits per heavy atom. The Morgan fingerprint density at radius 2 is 2.00 bits per heavy atom. The van der Waals surface area contributed by atoms with Gasteiger partial charge in [0.25, 0.3) is 0 Å². The fraction of sp³-hybridized carbons (Fsp3) is 0.154. The van der Waals surface area contributed by atoms with Gasteiger partial charge in [-0.05, 0) is 74.4 Å². The summed E-state index contributed by atoms with van der Waals surface area (Å²) < 4.78 is 3.22. The van der Waals surface area contributed by atoms with Crippen molar-refractivity contribution in [3.8, 4) is 0 Å². The zero-order valence-corrected chi connectivity index (χ0v) is 14.7. The van der Waals surface area contributed by atoms with Crippen LogP contribution in [0.5, 0.6) is 0 Å². The van der Waals surface area contributed by atoms with E-state index in [0.717, 1.165) is 26.6 Å². The van der Waals surface area contributed by atoms with E-state index in [4.69, 9.17) is 5.73 Å². The van der Waals surface area contributed by atoms with Gasteiger partial charge in [0.05, 0.1) is 0 Å². The van der Waals surface area contributed by atoms with Gasteiger partial charge in [0, 0.05) is 36.9 Å². The van der Waals surface area contributed by atoms with E-state index < -0.39 is 0 Å². The van der Waals surface area contributed by atoms with Gasteiger partial charge in [0.2, 0.25) is 0 Å². The van der Waals surface area contributed by atoms with Crippen LogP contribution in [0.2, 0.25) is 0 Å². The zero-order valence-electron chi connectivity index (χ0n) is 9.41. The van der Waals surface area contributed by atoms with Crippen LogP contribution in [-0.4, -0.2) is 4.98 Å². The van der Waals surface area contributed by atoms with Crippen molar-refractivity contribution in [2.45, 2.75) is 12.5 Å². The highest BCUT2D eigenvalue weighted by Crippen LogP contribution is 2.26. The molecule has 5 heteroatoms. The summed E-state index contributed by atoms with van der Waals surface area (Å²) in [5.74, 6) is 0. The van der Waals surface area contributed by atoms with Gasteiger partial charge in [-0.2, -0.15) is 0 Å². The third kappa shape index (κ3) is 3.76. The Labute approximate surface area is 137 Å². The minimum atomic E-state index is -0.0530. The number of hydrogen-bond donors (Lipinski definition) is 1. The van der Waals surface area contributed by atoms with Crippen LogP contribution in [0.25, 0.3) is 0 Å². The Hall–Kier alpha value is 0.0200. The van der Waals surface area contributed by atoms with Gasteiger partial charge in [-0.3, -0.25) is 4.98 Å². The van der Waals surface area contributed by atoms with E-state index in [1.54, 1.807) is 6.20 Å². The number of benzene rings is 1. The lowest BCUT2D eigenvalue weighted by molar-refractivity contribution is 0.702. The highest BCUT2D eigenvalue weighted by molar-refractivity contribution is 14.1. The molecule has 1 aromatic carbocycles. The van der Waals surface area contributed by atoms with Gasteiger partial charge in [0.15, 0.2) is 0 Å². The lowest BCUT2D eigenvalue weighted by Gasteiger charge is -2.14. The van der Waals surface area contributed by atoms with Crippen molar-refractivity contribution < 1.29 is 0 Å². The van der Waals surface area contributed by atoms with E-state index in [1.165, 1.54) is 3.57 Å². The molecule has 0 aliphatic heterocycles. The second-order valence-corrected chi connectivity index (χ2v) is 6.96. The fourth-order valence-corrected chi connectivity index (χ4v) is 2.95. The minimum Gasteiger partial charge on any atom is -0.324 e. The van der Waals surface area contributed by atoms with Crippen molar-refractivity contribution >= 4 is 54.5 Å². The van der Waals surface area contributed by atoms with Crippen LogP contribution in [0, 0.1) is 3.57 Å². The maximum atomic E-state index is 6.25. The number of halogens is 3. The third-order valence-electron chi connectivity index (χ3n) is 2.58. The van der Waals surface area contributed by atoms with Crippen LogP contribution in [0.3, 0.4) is 0 Å². The van der Waals surface area contributed by atoms with Crippen molar-refractivity contribution in [1.29, 1.82) is 0 Å². The van der Waals surface area contributed by atoms with E-state index in [9.17, 15) is 0 Å². The number of hydrogen-bond acceptors (Lipinski definition) is 2. The molecule has 0 spiro atoms. The summed E-state index contributed by atoms with van der Waals surface area (Å²) in [5.41, 5.74) is 8.36. The molecule has 94 valence electrons. The van der Waals surface area contributed by atoms with Gasteiger partial charge in [-0.25, -0.2) is 0 Å². The lowest BCUT2D eigenvalue weighted by atomic mass is 10.0. The van der Waals surface area contributed by atoms with Gasteiger partial charge in [0.1, 0.15) is 0 Å². The predicted molar refractivity (Wildman–Crippen MR) is 89.4 cm³/mol. The molecule has 0 saturated heterocycles. The first-order valence-corrected chi connectivity index (χ1v) is 8.03. The Balaban J connectivity index is 2.18. The van der Waals surface area contributed by atoms with E-state index >= 15 is 0 Å². The SMILES string of the molecule is NC(Cc1ccc(Br)cn1)c1cc(I)ccc1Br. The predicted octanol–water partition coefficient (Wildman–Crippen LogP) is 4.45. The highest BCUT2D eigenvalue weighted by Gasteiger charge is 2.12. The summed E-state index contributed by atoms with van der Waals surface area (Å²) in [6.45, 7) is 0. The Kier molecular flexibility index (Phi) is 5.17. The molecule has 0 radical (unpaired) electrons. The monoisotopic (exact) mass is 480 g/mol. The second kappa shape index (κ2) is 6.45. The zero-order chi connectivity index (χ0) is 13.1. The summed E-state index contributed by atoms with van der Waals surface area (Å²) in [4.78, 5) is 4.35. The standard InChI is InChI=1S/C13H11Br2IN2/c14-8-1-3-10(18-7-8)6-13(17)11-5-9(16)2-4-12(11)15/h1-5,7,13H,6,17H2. The summed E-state index contributed by atoms with van der Waals surface area (Å²) in [5, 5.41) is 0. The molecule has 0 saturated carbocycles. The highest BCUT2D eigenvalue weighted by atomic mass is 127. The molecule has 1 atom stereocenters. The van der Waals surface area contributed by atoms with Gasteiger partial charge in [-0.15, -0.1) is 0 Å². The third-order valence-corrected chi connectivity index (χ3v) is 4.44. The van der Waals surface area contributed by atoms with E-state index in [0.29, 0.717) is 0 Å². The molecule has 0 amide bonds. The molecule has 0 fully saturated rings. The summed E-state index contributed by atoms with van der Waals surface area (Å²) >= 11 is 9.21. The molecule has 0 aliphatic carbocycles. The number of nitrogens with two attached hydrogens (primary N) is 1. The molecular formula is C13H11Br2IN2. The Morgan fingerprint density at radius 1 is 1.22 bits per heavy atom. The van der Waals surface area contributed by atoms with E-state index in [-0.39, 0.29) is 6.04 Å². The molecule has 1 unspecified atom stereocenters. The van der Waals surface area contributed by atoms with E-state index in [1.807, 2.05) is 18.2 Å². The number of nitrogens with zero attached hydrogens (tertiary/aromatic N) is 1. The number of pyridine rings is 1. The normalized spacial score (nSPS) is 12.4. The van der Waals surface area contributed by atoms with E-state index in [2.05, 4.69) is 71.6 Å². The molecule has 2 aromatic rings. The maximum absolute atomic E-state index is 6.25. The smallest absolute Gasteiger partial charge is 0.0423 e. The second-order valence-electron chi connectivity index (χ2n) is 3.94. The van der Waals surface area contributed by atoms with Crippen molar-refractivity contribution in [2.24, 2.45) is 5.73 Å². The van der Waals surface area contributed by atoms with Crippen LogP contribution in [0.15, 0.2) is 45.5 Å². The average molecular weight is 482 g/mol. The van der Waals surface area contributed by atoms with Crippen LogP contribution < -0.4 is 5.73 Å². The van der Waals surface area contributed by atoms with Gasteiger partial charge in [-0.1, -0.05) is 15.9 Å². The van der Waals surface area contributed by atoms with Crippen molar-refractivity contribution in [3.63, 3.8) is 0 Å². The molecule has 0 aliphatic rings. The molecule has 2 nitrogen and oxygen atoms in total. The van der Waals surface area contributed by atoms with Crippen molar-refractivity contribution in [3.05, 3.63) is 60.3 Å². The number of rotatable bonds is 3. The molecule has 2 N–H and O–H groups in total. The van der Waals surface area contributed by atoms with Crippen molar-refractivity contribution in [2.75, 3.05) is 0 Å².